The Labute approximate surface area is 578 Å². The van der Waals surface area contributed by atoms with E-state index in [1.54, 1.807) is 132 Å². The van der Waals surface area contributed by atoms with Crippen LogP contribution in [0, 0.1) is 34.6 Å². The number of aromatic hydroxyl groups is 8. The van der Waals surface area contributed by atoms with E-state index in [1.165, 1.54) is 61.5 Å². The number of benzene rings is 9. The van der Waals surface area contributed by atoms with E-state index in [0.29, 0.717) is 50.1 Å². The van der Waals surface area contributed by atoms with Gasteiger partial charge in [-0.25, -0.2) is 0 Å². The number of aliphatic hydroxyl groups is 3. The zero-order chi connectivity index (χ0) is 73.8. The molecule has 0 saturated heterocycles. The lowest BCUT2D eigenvalue weighted by Crippen LogP contribution is -2.22. The fourth-order valence-electron chi connectivity index (χ4n) is 11.6. The second-order valence-electron chi connectivity index (χ2n) is 23.5. The van der Waals surface area contributed by atoms with Crippen molar-refractivity contribution in [1.29, 1.82) is 0 Å². The number of phenolic OH excluding ortho intramolecular Hbond substituents is 8. The molecule has 0 fully saturated rings. The van der Waals surface area contributed by atoms with Gasteiger partial charge in [0.15, 0.2) is 86.6 Å². The highest BCUT2D eigenvalue weighted by molar-refractivity contribution is 6.33. The van der Waals surface area contributed by atoms with Crippen LogP contribution < -0.4 is 0 Å². The van der Waals surface area contributed by atoms with Gasteiger partial charge in [-0.3, -0.25) is 57.5 Å². The van der Waals surface area contributed by atoms with Gasteiger partial charge in [0.25, 0.3) is 5.78 Å². The van der Waals surface area contributed by atoms with Gasteiger partial charge in [-0.2, -0.15) is 0 Å². The summed E-state index contributed by atoms with van der Waals surface area (Å²) in [6.45, 7) is 9.26. The summed E-state index contributed by atoms with van der Waals surface area (Å²) in [7, 11) is 0. The zero-order valence-corrected chi connectivity index (χ0v) is 53.8. The van der Waals surface area contributed by atoms with Crippen LogP contribution in [0.4, 0.5) is 0 Å². The number of hydrogen-bond acceptors (Lipinski definition) is 23. The van der Waals surface area contributed by atoms with Crippen molar-refractivity contribution < 1.29 is 114 Å². The molecule has 9 aromatic rings. The van der Waals surface area contributed by atoms with Crippen LogP contribution >= 0.6 is 0 Å². The highest BCUT2D eigenvalue weighted by Gasteiger charge is 2.39. The summed E-state index contributed by atoms with van der Waals surface area (Å²) in [6.07, 6.45) is 2.41. The Morgan fingerprint density at radius 3 is 0.912 bits per heavy atom. The molecular formula is C79H58O23. The Morgan fingerprint density at radius 1 is 0.216 bits per heavy atom. The SMILES string of the molecule is C.CC1=C(O)C(=O)C(O)=C(O)C1=O.Cc1cc(O)c2c(c1O)C(=O)c1ccccc1C2=O.Cc1cc2c(c(O)c1O)C(=O)c1ccccc1C2=O.Cc1cc2c(c(O)c1O)C(=O)c1ccccc1C2=O.Cc1ccc2c(c1O)C(=O)C=CC2=O.Cc1ccc2c(c1O)C(=O)c1ccccc1C2=O. The number of hydrogen-bond donors (Lipinski definition) is 11. The standard InChI is InChI=1S/3C15H10O4.C15H10O3.C11H8O3.C7H6O5.CH4/c1-7-6-10(16)11-12(13(7)17)15(19)9-5-3-2-4-8(9)14(11)18;2*1-7-6-10-11(15(19)12(7)16)14(18)9-5-3-2-4-8(9)13(10)17;1-8-6-7-11-12(13(8)16)15(18)10-5-3-2-4-9(10)14(11)17;1-6-2-3-7-8(12)4-5-9(13)10(7)11(6)14;1-2-3(8)5(10)7(12)6(11)4(2)9;/h2-6,16-17H,1H3;2*2-6,16,19H,1H3;2-7,16H,1H3;2-5,14H,1H3;8,11-12H,1H3;1H4. The molecule has 23 nitrogen and oxygen atoms in total. The summed E-state index contributed by atoms with van der Waals surface area (Å²) in [5.41, 5.74) is 5.01. The molecule has 0 amide bonds. The molecule has 102 heavy (non-hydrogen) atoms. The minimum atomic E-state index is -1.13. The third-order valence-electron chi connectivity index (χ3n) is 17.2. The molecule has 0 unspecified atom stereocenters. The molecule has 0 saturated carbocycles. The second-order valence-corrected chi connectivity index (χ2v) is 23.5. The lowest BCUT2D eigenvalue weighted by Gasteiger charge is -2.20. The Morgan fingerprint density at radius 2 is 0.510 bits per heavy atom. The molecule has 512 valence electrons. The predicted octanol–water partition coefficient (Wildman–Crippen LogP) is 11.6. The first-order chi connectivity index (χ1) is 47.7. The normalized spacial score (nSPS) is 13.9. The molecule has 0 aliphatic heterocycles. The largest absolute Gasteiger partial charge is 0.507 e. The first-order valence-electron chi connectivity index (χ1n) is 30.2. The number of Topliss-reactive ketones (excluding diaryl/α,β-unsaturated/α-hetero) is 2. The van der Waals surface area contributed by atoms with Crippen LogP contribution in [0.1, 0.15) is 190 Å². The fraction of sp³-hybridized carbons (Fsp3) is 0.0886. The Kier molecular flexibility index (Phi) is 19.8. The lowest BCUT2D eigenvalue weighted by atomic mass is 9.82. The Hall–Kier alpha value is -14.0. The number of allylic oxidation sites excluding steroid dienone is 3. The average Bonchev–Trinajstić information content (AvgIpc) is 0.763. The van der Waals surface area contributed by atoms with E-state index in [0.717, 1.165) is 0 Å². The van der Waals surface area contributed by atoms with Crippen LogP contribution in [0.25, 0.3) is 0 Å². The van der Waals surface area contributed by atoms with Crippen molar-refractivity contribution in [1.82, 2.24) is 0 Å². The zero-order valence-electron chi connectivity index (χ0n) is 53.8. The highest BCUT2D eigenvalue weighted by Crippen LogP contribution is 2.44. The van der Waals surface area contributed by atoms with Crippen LogP contribution in [0.5, 0.6) is 46.0 Å². The van der Waals surface area contributed by atoms with Crippen molar-refractivity contribution in [2.75, 3.05) is 0 Å². The van der Waals surface area contributed by atoms with Crippen molar-refractivity contribution >= 4 is 69.4 Å². The van der Waals surface area contributed by atoms with Gasteiger partial charge < -0.3 is 56.2 Å². The molecule has 9 aromatic carbocycles. The van der Waals surface area contributed by atoms with Crippen molar-refractivity contribution in [3.63, 3.8) is 0 Å². The third-order valence-corrected chi connectivity index (χ3v) is 17.2. The van der Waals surface area contributed by atoms with Gasteiger partial charge >= 0.3 is 0 Å². The van der Waals surface area contributed by atoms with E-state index >= 15 is 0 Å². The summed E-state index contributed by atoms with van der Waals surface area (Å²) in [5.74, 6) is -11.0. The summed E-state index contributed by atoms with van der Waals surface area (Å²) < 4.78 is 0. The van der Waals surface area contributed by atoms with E-state index in [-0.39, 0.29) is 160 Å². The molecule has 0 radical (unpaired) electrons. The molecular weight excluding hydrogens is 1320 g/mol. The maximum atomic E-state index is 12.4. The molecule has 0 heterocycles. The maximum absolute atomic E-state index is 12.4. The van der Waals surface area contributed by atoms with Crippen molar-refractivity contribution in [3.05, 3.63) is 302 Å². The molecule has 11 N–H and O–H groups in total. The molecule has 6 aliphatic carbocycles. The van der Waals surface area contributed by atoms with Crippen LogP contribution in [0.15, 0.2) is 175 Å². The molecule has 15 rings (SSSR count). The number of carbonyl (C=O) groups excluding carboxylic acids is 12. The number of carbonyl (C=O) groups is 12. The van der Waals surface area contributed by atoms with Crippen molar-refractivity contribution in [2.45, 2.75) is 49.0 Å². The highest BCUT2D eigenvalue weighted by atomic mass is 16.3. The average molecular weight is 1380 g/mol. The predicted molar refractivity (Wildman–Crippen MR) is 365 cm³/mol. The second kappa shape index (κ2) is 27.9. The van der Waals surface area contributed by atoms with Crippen LogP contribution in [-0.2, 0) is 9.59 Å². The first kappa shape index (κ1) is 72.3. The van der Waals surface area contributed by atoms with Gasteiger partial charge in [0.2, 0.25) is 17.3 Å². The number of phenols is 8. The lowest BCUT2D eigenvalue weighted by molar-refractivity contribution is -0.122. The van der Waals surface area contributed by atoms with E-state index in [2.05, 4.69) is 0 Å². The topological polar surface area (TPSA) is 427 Å². The Balaban J connectivity index is 0.000000143. The number of rotatable bonds is 0. The maximum Gasteiger partial charge on any atom is 0.266 e. The van der Waals surface area contributed by atoms with Gasteiger partial charge in [-0.05, 0) is 112 Å². The van der Waals surface area contributed by atoms with Gasteiger partial charge in [0, 0.05) is 72.3 Å². The van der Waals surface area contributed by atoms with Crippen molar-refractivity contribution in [2.24, 2.45) is 0 Å². The smallest absolute Gasteiger partial charge is 0.266 e. The molecule has 0 spiro atoms. The number of fused-ring (bicyclic) bond motifs is 9. The third kappa shape index (κ3) is 12.3. The van der Waals surface area contributed by atoms with Crippen LogP contribution in [0.2, 0.25) is 0 Å². The molecule has 6 aliphatic rings. The summed E-state index contributed by atoms with van der Waals surface area (Å²) in [5, 5.41) is 105. The van der Waals surface area contributed by atoms with Gasteiger partial charge in [-0.15, -0.1) is 0 Å². The first-order valence-corrected chi connectivity index (χ1v) is 30.2. The van der Waals surface area contributed by atoms with Crippen LogP contribution in [0.3, 0.4) is 0 Å². The number of ketones is 12. The summed E-state index contributed by atoms with van der Waals surface area (Å²) in [4.78, 5) is 143. The van der Waals surface area contributed by atoms with Gasteiger partial charge in [-0.1, -0.05) is 117 Å². The molecule has 0 atom stereocenters. The van der Waals surface area contributed by atoms with Crippen molar-refractivity contribution in [3.8, 4) is 46.0 Å². The quantitative estimate of drug-likeness (QED) is 0.0381. The number of aliphatic hydroxyl groups excluding tert-OH is 3. The minimum absolute atomic E-state index is 0. The van der Waals surface area contributed by atoms with Gasteiger partial charge in [0.1, 0.15) is 23.0 Å². The monoisotopic (exact) mass is 1370 g/mol. The molecule has 0 bridgehead atoms. The fourth-order valence-corrected chi connectivity index (χ4v) is 11.6. The number of aryl methyl sites for hydroxylation is 5. The minimum Gasteiger partial charge on any atom is -0.507 e. The summed E-state index contributed by atoms with van der Waals surface area (Å²) >= 11 is 0. The summed E-state index contributed by atoms with van der Waals surface area (Å²) in [6, 6.07) is 36.5. The van der Waals surface area contributed by atoms with E-state index in [1.807, 2.05) is 0 Å². The van der Waals surface area contributed by atoms with Gasteiger partial charge in [0.05, 0.1) is 33.4 Å². The molecule has 23 heteroatoms. The van der Waals surface area contributed by atoms with E-state index < -0.39 is 63.5 Å². The van der Waals surface area contributed by atoms with E-state index in [4.69, 9.17) is 15.3 Å². The van der Waals surface area contributed by atoms with Crippen LogP contribution in [-0.4, -0.2) is 126 Å². The van der Waals surface area contributed by atoms with E-state index in [9.17, 15) is 98.4 Å². The Bertz CT molecular complexity index is 5220. The molecule has 0 aromatic heterocycles.